The molecule has 2 aromatic rings. The summed E-state index contributed by atoms with van der Waals surface area (Å²) in [6, 6.07) is 9.97. The minimum Gasteiger partial charge on any atom is -0.492 e. The number of hydrogen-bond acceptors (Lipinski definition) is 3. The van der Waals surface area contributed by atoms with Crippen LogP contribution in [-0.2, 0) is 12.8 Å². The number of fused-ring (bicyclic) bond motifs is 1. The fourth-order valence-electron chi connectivity index (χ4n) is 2.50. The van der Waals surface area contributed by atoms with E-state index in [4.69, 9.17) is 4.74 Å². The third kappa shape index (κ3) is 3.45. The standard InChI is InChI=1S/C17H19NO2S/c1-12-5-7-14(8-6-12)20-10-9-18-17(19)16-11-13-3-2-4-15(13)21-16/h5-8,11H,2-4,9-10H2,1H3,(H,18,19). The van der Waals surface area contributed by atoms with Crippen LogP contribution < -0.4 is 10.1 Å². The van der Waals surface area contributed by atoms with Crippen molar-refractivity contribution in [3.8, 4) is 5.75 Å². The van der Waals surface area contributed by atoms with Gasteiger partial charge in [0.25, 0.3) is 5.91 Å². The average Bonchev–Trinajstić information content (AvgIpc) is 3.06. The van der Waals surface area contributed by atoms with Crippen molar-refractivity contribution in [2.45, 2.75) is 26.2 Å². The molecule has 0 unspecified atom stereocenters. The lowest BCUT2D eigenvalue weighted by molar-refractivity contribution is 0.0951. The number of carbonyl (C=O) groups excluding carboxylic acids is 1. The summed E-state index contributed by atoms with van der Waals surface area (Å²) >= 11 is 1.63. The van der Waals surface area contributed by atoms with Crippen LogP contribution in [0.4, 0.5) is 0 Å². The SMILES string of the molecule is Cc1ccc(OCCNC(=O)c2cc3c(s2)CCC3)cc1. The van der Waals surface area contributed by atoms with E-state index in [1.165, 1.54) is 22.4 Å². The van der Waals surface area contributed by atoms with Gasteiger partial charge in [0.15, 0.2) is 0 Å². The Morgan fingerprint density at radius 2 is 2.10 bits per heavy atom. The number of ether oxygens (including phenoxy) is 1. The molecule has 110 valence electrons. The van der Waals surface area contributed by atoms with Gasteiger partial charge in [-0.1, -0.05) is 17.7 Å². The average molecular weight is 301 g/mol. The summed E-state index contributed by atoms with van der Waals surface area (Å²) in [6.07, 6.45) is 3.48. The predicted molar refractivity (Wildman–Crippen MR) is 85.4 cm³/mol. The van der Waals surface area contributed by atoms with Gasteiger partial charge in [-0.05, 0) is 49.9 Å². The van der Waals surface area contributed by atoms with Crippen molar-refractivity contribution < 1.29 is 9.53 Å². The van der Waals surface area contributed by atoms with E-state index in [0.717, 1.165) is 23.5 Å². The molecule has 0 aliphatic heterocycles. The highest BCUT2D eigenvalue weighted by atomic mass is 32.1. The molecule has 4 heteroatoms. The van der Waals surface area contributed by atoms with E-state index in [9.17, 15) is 4.79 Å². The molecule has 1 aromatic heterocycles. The van der Waals surface area contributed by atoms with Crippen LogP contribution in [0.5, 0.6) is 5.75 Å². The topological polar surface area (TPSA) is 38.3 Å². The molecule has 1 amide bonds. The first kappa shape index (κ1) is 14.1. The maximum atomic E-state index is 12.0. The highest BCUT2D eigenvalue weighted by Crippen LogP contribution is 2.30. The molecule has 1 N–H and O–H groups in total. The second-order valence-electron chi connectivity index (χ2n) is 5.33. The Labute approximate surface area is 129 Å². The summed E-state index contributed by atoms with van der Waals surface area (Å²) in [6.45, 7) is 3.05. The number of hydrogen-bond donors (Lipinski definition) is 1. The smallest absolute Gasteiger partial charge is 0.261 e. The zero-order chi connectivity index (χ0) is 14.7. The molecule has 0 radical (unpaired) electrons. The van der Waals surface area contributed by atoms with Crippen LogP contribution in [-0.4, -0.2) is 19.1 Å². The molecular formula is C17H19NO2S. The van der Waals surface area contributed by atoms with E-state index >= 15 is 0 Å². The minimum absolute atomic E-state index is 0.0157. The summed E-state index contributed by atoms with van der Waals surface area (Å²) in [5.41, 5.74) is 2.57. The third-order valence-electron chi connectivity index (χ3n) is 3.65. The summed E-state index contributed by atoms with van der Waals surface area (Å²) in [7, 11) is 0. The Balaban J connectivity index is 1.44. The Morgan fingerprint density at radius 3 is 2.86 bits per heavy atom. The Bertz CT molecular complexity index is 609. The van der Waals surface area contributed by atoms with Gasteiger partial charge in [0.2, 0.25) is 0 Å². The number of thiophene rings is 1. The molecule has 0 spiro atoms. The number of amides is 1. The number of carbonyl (C=O) groups is 1. The first-order valence-electron chi connectivity index (χ1n) is 7.31. The molecule has 0 bridgehead atoms. The summed E-state index contributed by atoms with van der Waals surface area (Å²) < 4.78 is 5.60. The summed E-state index contributed by atoms with van der Waals surface area (Å²) in [4.78, 5) is 14.3. The van der Waals surface area contributed by atoms with E-state index < -0.39 is 0 Å². The molecule has 21 heavy (non-hydrogen) atoms. The van der Waals surface area contributed by atoms with Gasteiger partial charge in [-0.3, -0.25) is 4.79 Å². The first-order valence-corrected chi connectivity index (χ1v) is 8.13. The molecule has 0 saturated carbocycles. The zero-order valence-electron chi connectivity index (χ0n) is 12.1. The van der Waals surface area contributed by atoms with E-state index in [1.807, 2.05) is 37.3 Å². The second kappa shape index (κ2) is 6.31. The van der Waals surface area contributed by atoms with Crippen LogP contribution in [0.25, 0.3) is 0 Å². The van der Waals surface area contributed by atoms with Gasteiger partial charge < -0.3 is 10.1 Å². The molecule has 3 nitrogen and oxygen atoms in total. The van der Waals surface area contributed by atoms with Crippen molar-refractivity contribution in [1.82, 2.24) is 5.32 Å². The molecule has 0 atom stereocenters. The molecule has 1 heterocycles. The van der Waals surface area contributed by atoms with Crippen molar-refractivity contribution in [2.75, 3.05) is 13.2 Å². The lowest BCUT2D eigenvalue weighted by Crippen LogP contribution is -2.27. The zero-order valence-corrected chi connectivity index (χ0v) is 13.0. The van der Waals surface area contributed by atoms with Crippen molar-refractivity contribution >= 4 is 17.2 Å². The molecule has 3 rings (SSSR count). The third-order valence-corrected chi connectivity index (χ3v) is 4.88. The fourth-order valence-corrected chi connectivity index (χ4v) is 3.67. The minimum atomic E-state index is 0.0157. The molecule has 1 aromatic carbocycles. The van der Waals surface area contributed by atoms with Gasteiger partial charge in [0.1, 0.15) is 12.4 Å². The van der Waals surface area contributed by atoms with E-state index in [2.05, 4.69) is 5.32 Å². The Kier molecular flexibility index (Phi) is 4.25. The highest BCUT2D eigenvalue weighted by molar-refractivity contribution is 7.14. The van der Waals surface area contributed by atoms with Crippen LogP contribution in [0.3, 0.4) is 0 Å². The van der Waals surface area contributed by atoms with Gasteiger partial charge in [-0.15, -0.1) is 11.3 Å². The van der Waals surface area contributed by atoms with Crippen LogP contribution in [0, 0.1) is 6.92 Å². The van der Waals surface area contributed by atoms with Crippen molar-refractivity contribution in [2.24, 2.45) is 0 Å². The van der Waals surface area contributed by atoms with Gasteiger partial charge in [0.05, 0.1) is 11.4 Å². The van der Waals surface area contributed by atoms with Gasteiger partial charge in [-0.25, -0.2) is 0 Å². The number of aryl methyl sites for hydroxylation is 3. The van der Waals surface area contributed by atoms with E-state index in [1.54, 1.807) is 11.3 Å². The summed E-state index contributed by atoms with van der Waals surface area (Å²) in [5.74, 6) is 0.854. The van der Waals surface area contributed by atoms with E-state index in [0.29, 0.717) is 13.2 Å². The number of nitrogens with one attached hydrogen (secondary N) is 1. The van der Waals surface area contributed by atoms with Crippen LogP contribution in [0.2, 0.25) is 0 Å². The maximum Gasteiger partial charge on any atom is 0.261 e. The molecular weight excluding hydrogens is 282 g/mol. The van der Waals surface area contributed by atoms with Gasteiger partial charge in [-0.2, -0.15) is 0 Å². The first-order chi connectivity index (χ1) is 10.2. The number of rotatable bonds is 5. The Morgan fingerprint density at radius 1 is 1.29 bits per heavy atom. The molecule has 1 aliphatic carbocycles. The monoisotopic (exact) mass is 301 g/mol. The number of benzene rings is 1. The lowest BCUT2D eigenvalue weighted by Gasteiger charge is -2.07. The predicted octanol–water partition coefficient (Wildman–Crippen LogP) is 3.35. The van der Waals surface area contributed by atoms with Crippen molar-refractivity contribution in [1.29, 1.82) is 0 Å². The second-order valence-corrected chi connectivity index (χ2v) is 6.47. The van der Waals surface area contributed by atoms with Crippen LogP contribution >= 0.6 is 11.3 Å². The fraction of sp³-hybridized carbons (Fsp3) is 0.353. The van der Waals surface area contributed by atoms with Crippen molar-refractivity contribution in [3.05, 3.63) is 51.2 Å². The largest absolute Gasteiger partial charge is 0.492 e. The highest BCUT2D eigenvalue weighted by Gasteiger charge is 2.18. The van der Waals surface area contributed by atoms with Crippen molar-refractivity contribution in [3.63, 3.8) is 0 Å². The van der Waals surface area contributed by atoms with Gasteiger partial charge >= 0.3 is 0 Å². The van der Waals surface area contributed by atoms with Gasteiger partial charge in [0, 0.05) is 4.88 Å². The lowest BCUT2D eigenvalue weighted by atomic mass is 10.2. The summed E-state index contributed by atoms with van der Waals surface area (Å²) in [5, 5.41) is 2.92. The molecule has 0 saturated heterocycles. The molecule has 0 fully saturated rings. The van der Waals surface area contributed by atoms with E-state index in [-0.39, 0.29) is 5.91 Å². The Hall–Kier alpha value is -1.81. The quantitative estimate of drug-likeness (QED) is 0.860. The maximum absolute atomic E-state index is 12.0. The van der Waals surface area contributed by atoms with Crippen LogP contribution in [0.15, 0.2) is 30.3 Å². The van der Waals surface area contributed by atoms with Crippen LogP contribution in [0.1, 0.15) is 32.1 Å². The molecule has 1 aliphatic rings. The normalized spacial score (nSPS) is 13.0.